The highest BCUT2D eigenvalue weighted by molar-refractivity contribution is 7.87. The number of anilines is 6. The Morgan fingerprint density at radius 1 is 0.774 bits per heavy atom. The molecule has 1 aliphatic rings. The fraction of sp³-hybridized carbons (Fsp3) is 0.0606. The van der Waals surface area contributed by atoms with Gasteiger partial charge in [-0.2, -0.15) is 42.0 Å². The quantitative estimate of drug-likeness (QED) is 0.0937. The summed E-state index contributed by atoms with van der Waals surface area (Å²) >= 11 is 6.18. The van der Waals surface area contributed by atoms with Crippen LogP contribution < -0.4 is 32.1 Å². The normalized spacial score (nSPS) is 12.4. The number of aromatic nitrogens is 4. The molecular weight excluding hydrogens is 752 g/mol. The zero-order valence-electron chi connectivity index (χ0n) is 27.3. The average Bonchev–Trinajstić information content (AvgIpc) is 3.11. The van der Waals surface area contributed by atoms with Crippen molar-refractivity contribution in [3.63, 3.8) is 0 Å². The highest BCUT2D eigenvalue weighted by atomic mass is 35.5. The van der Waals surface area contributed by atoms with Crippen molar-refractivity contribution < 1.29 is 35.2 Å². The lowest BCUT2D eigenvalue weighted by molar-refractivity contribution is 0.104. The minimum absolute atomic E-state index is 0.0771. The molecule has 0 spiro atoms. The molecular formula is C33H25ClN8O9S2. The average molecular weight is 777 g/mol. The van der Waals surface area contributed by atoms with E-state index in [1.807, 2.05) is 0 Å². The van der Waals surface area contributed by atoms with Crippen molar-refractivity contribution in [2.45, 2.75) is 9.79 Å². The number of carbonyl (C=O) groups excluding carboxylic acids is 1. The summed E-state index contributed by atoms with van der Waals surface area (Å²) in [5.41, 5.74) is 2.00. The topological polar surface area (TPSA) is 247 Å². The molecule has 20 heteroatoms. The molecule has 0 bridgehead atoms. The van der Waals surface area contributed by atoms with Gasteiger partial charge < -0.3 is 25.3 Å². The first-order chi connectivity index (χ1) is 25.2. The summed E-state index contributed by atoms with van der Waals surface area (Å²) in [5.74, 6) is 4.50. The number of nitrogens with zero attached hydrogens (tertiary/aromatic N) is 4. The van der Waals surface area contributed by atoms with Gasteiger partial charge in [0.15, 0.2) is 5.78 Å². The van der Waals surface area contributed by atoms with Gasteiger partial charge in [0, 0.05) is 35.8 Å². The number of methoxy groups -OCH3 is 1. The van der Waals surface area contributed by atoms with E-state index < -0.39 is 25.1 Å². The maximum Gasteiger partial charge on any atom is 0.314 e. The van der Waals surface area contributed by atoms with E-state index in [0.717, 1.165) is 6.07 Å². The van der Waals surface area contributed by atoms with Crippen LogP contribution in [0.1, 0.15) is 15.9 Å². The van der Waals surface area contributed by atoms with Crippen LogP contribution in [0.2, 0.25) is 5.28 Å². The van der Waals surface area contributed by atoms with Gasteiger partial charge in [0.1, 0.15) is 15.5 Å². The molecule has 1 aliphatic carbocycles. The minimum Gasteiger partial charge on any atom is -0.497 e. The van der Waals surface area contributed by atoms with Crippen LogP contribution in [0.3, 0.4) is 0 Å². The largest absolute Gasteiger partial charge is 0.497 e. The lowest BCUT2D eigenvalue weighted by atomic mass is 9.83. The van der Waals surface area contributed by atoms with Crippen LogP contribution in [-0.4, -0.2) is 53.8 Å². The van der Waals surface area contributed by atoms with Gasteiger partial charge in [-0.25, -0.2) is 0 Å². The van der Waals surface area contributed by atoms with Gasteiger partial charge in [-0.15, -0.1) is 0 Å². The summed E-state index contributed by atoms with van der Waals surface area (Å²) in [6, 6.07) is 19.1. The van der Waals surface area contributed by atoms with E-state index in [1.54, 1.807) is 37.4 Å². The molecule has 0 amide bonds. The number of ether oxygens (including phenoxy) is 1. The van der Waals surface area contributed by atoms with Crippen molar-refractivity contribution in [3.8, 4) is 16.9 Å². The molecule has 0 fully saturated rings. The Labute approximate surface area is 305 Å². The number of rotatable bonds is 10. The first kappa shape index (κ1) is 35.4. The number of hydrogen-bond donors (Lipinski definition) is 5. The minimum atomic E-state index is -4.82. The van der Waals surface area contributed by atoms with Crippen molar-refractivity contribution in [2.24, 2.45) is 12.9 Å². The Hall–Kier alpha value is -5.96. The monoisotopic (exact) mass is 776 g/mol. The molecule has 2 heterocycles. The van der Waals surface area contributed by atoms with Crippen molar-refractivity contribution in [3.05, 3.63) is 106 Å². The first-order valence-corrected chi connectivity index (χ1v) is 18.4. The second-order valence-corrected chi connectivity index (χ2v) is 14.7. The Balaban J connectivity index is 1.29. The Morgan fingerprint density at radius 3 is 2.15 bits per heavy atom. The Morgan fingerprint density at radius 2 is 1.45 bits per heavy atom. The number of benzene rings is 4. The van der Waals surface area contributed by atoms with E-state index in [1.165, 1.54) is 54.1 Å². The molecule has 0 aliphatic heterocycles. The van der Waals surface area contributed by atoms with Crippen LogP contribution in [0, 0.1) is 0 Å². The molecule has 0 unspecified atom stereocenters. The first-order valence-electron chi connectivity index (χ1n) is 15.1. The number of hydrogen-bond acceptors (Lipinski definition) is 15. The third kappa shape index (κ3) is 6.52. The summed E-state index contributed by atoms with van der Waals surface area (Å²) in [6.45, 7) is 0. The van der Waals surface area contributed by atoms with E-state index in [4.69, 9.17) is 22.2 Å². The second kappa shape index (κ2) is 13.2. The van der Waals surface area contributed by atoms with Crippen LogP contribution in [0.25, 0.3) is 22.0 Å². The van der Waals surface area contributed by atoms with E-state index in [2.05, 4.69) is 35.2 Å². The second-order valence-electron chi connectivity index (χ2n) is 11.4. The summed E-state index contributed by atoms with van der Waals surface area (Å²) in [4.78, 5) is 38.3. The van der Waals surface area contributed by atoms with E-state index in [9.17, 15) is 31.0 Å². The van der Waals surface area contributed by atoms with Gasteiger partial charge in [0.05, 0.1) is 35.3 Å². The van der Waals surface area contributed by atoms with E-state index in [-0.39, 0.29) is 67.5 Å². The van der Waals surface area contributed by atoms with Crippen LogP contribution in [0.4, 0.5) is 34.6 Å². The van der Waals surface area contributed by atoms with Crippen LogP contribution in [0.15, 0.2) is 93.4 Å². The number of fused-ring (bicyclic) bond motifs is 2. The van der Waals surface area contributed by atoms with Gasteiger partial charge in [-0.1, -0.05) is 24.3 Å². The lowest BCUT2D eigenvalue weighted by Crippen LogP contribution is -2.21. The summed E-state index contributed by atoms with van der Waals surface area (Å²) in [6.07, 6.45) is 0. The number of pyridine rings is 1. The third-order valence-corrected chi connectivity index (χ3v) is 10.6. The van der Waals surface area contributed by atoms with Crippen molar-refractivity contribution in [1.29, 1.82) is 0 Å². The number of carbonyl (C=O) groups is 1. The third-order valence-electron chi connectivity index (χ3n) is 8.32. The number of nitrogens with one attached hydrogen (secondary N) is 3. The van der Waals surface area contributed by atoms with Crippen molar-refractivity contribution in [2.75, 3.05) is 23.1 Å². The van der Waals surface area contributed by atoms with Crippen LogP contribution >= 0.6 is 11.6 Å². The van der Waals surface area contributed by atoms with Crippen molar-refractivity contribution in [1.82, 2.24) is 19.5 Å². The predicted octanol–water partition coefficient (Wildman–Crippen LogP) is 4.65. The van der Waals surface area contributed by atoms with Gasteiger partial charge in [-0.05, 0) is 65.2 Å². The molecule has 7 rings (SSSR count). The van der Waals surface area contributed by atoms with Gasteiger partial charge in [-0.3, -0.25) is 14.1 Å². The molecule has 6 aromatic rings. The Kier molecular flexibility index (Phi) is 8.84. The molecule has 2 aromatic heterocycles. The maximum atomic E-state index is 14.0. The highest BCUT2D eigenvalue weighted by Crippen LogP contribution is 2.43. The highest BCUT2D eigenvalue weighted by Gasteiger charge is 2.30. The molecule has 0 atom stereocenters. The molecule has 0 saturated heterocycles. The van der Waals surface area contributed by atoms with Crippen molar-refractivity contribution >= 4 is 83.2 Å². The molecule has 6 N–H and O–H groups in total. The Bertz CT molecular complexity index is 2820. The molecule has 0 saturated carbocycles. The molecule has 53 heavy (non-hydrogen) atoms. The zero-order valence-corrected chi connectivity index (χ0v) is 29.7. The fourth-order valence-electron chi connectivity index (χ4n) is 5.95. The fourth-order valence-corrected chi connectivity index (χ4v) is 7.45. The van der Waals surface area contributed by atoms with Gasteiger partial charge in [0.2, 0.25) is 17.2 Å². The van der Waals surface area contributed by atoms with E-state index in [0.29, 0.717) is 27.6 Å². The molecule has 4 aromatic carbocycles. The molecule has 270 valence electrons. The van der Waals surface area contributed by atoms with Gasteiger partial charge in [0.25, 0.3) is 15.7 Å². The molecule has 17 nitrogen and oxygen atoms in total. The molecule has 0 radical (unpaired) electrons. The van der Waals surface area contributed by atoms with Crippen LogP contribution in [0.5, 0.6) is 5.75 Å². The summed E-state index contributed by atoms with van der Waals surface area (Å²) < 4.78 is 70.9. The van der Waals surface area contributed by atoms with E-state index >= 15 is 0 Å². The maximum absolute atomic E-state index is 14.0. The number of nitrogens with two attached hydrogens (primary N) is 1. The summed E-state index contributed by atoms with van der Waals surface area (Å²) in [5, 5.41) is 8.75. The lowest BCUT2D eigenvalue weighted by Gasteiger charge is -2.24. The number of aryl methyl sites for hydroxylation is 1. The SMILES string of the molecule is COc1ccc(S(=O)(=O)ON)c(Nc2nc(Cl)nc(Nc3ccc(S(=O)(=O)O)c(Nc4ccc5c6c(cc(=O)n5C)-c5ccccc5C(=O)c46)c3)n2)c1. The number of halogens is 1. The number of ketones is 1. The smallest absolute Gasteiger partial charge is 0.314 e. The predicted molar refractivity (Wildman–Crippen MR) is 194 cm³/mol. The standard InChI is InChI=1S/C33H25ClN8O9S2/c1-42-24-10-9-21(29-28(24)20(15-27(42)43)18-5-3-4-6-19(18)30(29)44)37-22-13-16(7-11-25(22)52(45,46)47)36-32-39-31(34)40-33(41-32)38-23-14-17(50-2)8-12-26(23)53(48,49)51-35/h3-15,37H,35H2,1-2H3,(H,45,46,47)(H2,36,38,39,40,41). The zero-order chi connectivity index (χ0) is 37.8. The van der Waals surface area contributed by atoms with Gasteiger partial charge >= 0.3 is 10.1 Å². The summed E-state index contributed by atoms with van der Waals surface area (Å²) in [7, 11) is -6.27. The van der Waals surface area contributed by atoms with Crippen LogP contribution in [-0.2, 0) is 31.6 Å².